The first-order valence-electron chi connectivity index (χ1n) is 9.29. The lowest BCUT2D eigenvalue weighted by atomic mass is 10.1. The second kappa shape index (κ2) is 10.1. The molecule has 12 heteroatoms. The Morgan fingerprint density at radius 1 is 1.38 bits per heavy atom. The number of rotatable bonds is 7. The Kier molecular flexibility index (Phi) is 8.08. The van der Waals surface area contributed by atoms with Gasteiger partial charge >= 0.3 is 15.5 Å². The molecular formula is C17H26F3N5O3S. The van der Waals surface area contributed by atoms with Gasteiger partial charge in [0.15, 0.2) is 5.96 Å². The zero-order valence-corrected chi connectivity index (χ0v) is 17.2. The fraction of sp³-hybridized carbons (Fsp3) is 0.647. The zero-order chi connectivity index (χ0) is 21.5. The van der Waals surface area contributed by atoms with Crippen molar-refractivity contribution in [3.63, 3.8) is 0 Å². The van der Waals surface area contributed by atoms with Gasteiger partial charge in [-0.1, -0.05) is 13.0 Å². The molecule has 0 bridgehead atoms. The van der Waals surface area contributed by atoms with Crippen LogP contribution >= 0.6 is 0 Å². The highest BCUT2D eigenvalue weighted by Gasteiger charge is 2.50. The number of hydrogen-bond donors (Lipinski definition) is 2. The molecule has 1 aliphatic heterocycles. The summed E-state index contributed by atoms with van der Waals surface area (Å²) in [6.07, 6.45) is 2.99. The molecule has 164 valence electrons. The summed E-state index contributed by atoms with van der Waals surface area (Å²) in [5, 5.41) is 6.25. The van der Waals surface area contributed by atoms with Gasteiger partial charge in [-0.05, 0) is 25.3 Å². The van der Waals surface area contributed by atoms with Gasteiger partial charge in [0.2, 0.25) is 5.88 Å². The van der Waals surface area contributed by atoms with Crippen LogP contribution in [0.2, 0.25) is 0 Å². The Morgan fingerprint density at radius 2 is 2.07 bits per heavy atom. The van der Waals surface area contributed by atoms with Crippen LogP contribution in [0, 0.1) is 0 Å². The van der Waals surface area contributed by atoms with Crippen molar-refractivity contribution in [1.82, 2.24) is 19.9 Å². The molecule has 1 aliphatic rings. The third-order valence-corrected chi connectivity index (χ3v) is 6.02. The van der Waals surface area contributed by atoms with E-state index in [-0.39, 0.29) is 32.0 Å². The lowest BCUT2D eigenvalue weighted by Crippen LogP contribution is -2.51. The molecule has 0 saturated carbocycles. The monoisotopic (exact) mass is 437 g/mol. The van der Waals surface area contributed by atoms with E-state index in [1.807, 2.05) is 13.0 Å². The van der Waals surface area contributed by atoms with E-state index >= 15 is 0 Å². The lowest BCUT2D eigenvalue weighted by Gasteiger charge is -2.32. The van der Waals surface area contributed by atoms with Crippen molar-refractivity contribution in [1.29, 1.82) is 0 Å². The molecule has 0 radical (unpaired) electrons. The number of pyridine rings is 1. The first-order valence-corrected chi connectivity index (χ1v) is 10.7. The molecule has 29 heavy (non-hydrogen) atoms. The standard InChI is InChI=1S/C17H26F3N5O3S/c1-3-11-28-15-13(5-4-8-22-15)12-23-16(21-2)24-14-6-9-25(10-7-14)29(26,27)17(18,19)20/h4-5,8,14H,3,6-7,9-12H2,1-2H3,(H2,21,23,24). The van der Waals surface area contributed by atoms with Crippen LogP contribution in [0.5, 0.6) is 5.88 Å². The van der Waals surface area contributed by atoms with Crippen molar-refractivity contribution in [2.75, 3.05) is 26.7 Å². The molecule has 0 amide bonds. The third kappa shape index (κ3) is 6.20. The number of alkyl halides is 3. The van der Waals surface area contributed by atoms with Gasteiger partial charge in [0.1, 0.15) is 0 Å². The average molecular weight is 437 g/mol. The number of aliphatic imine (C=N–C) groups is 1. The van der Waals surface area contributed by atoms with Gasteiger partial charge in [0.25, 0.3) is 0 Å². The highest BCUT2D eigenvalue weighted by molar-refractivity contribution is 7.90. The molecule has 2 heterocycles. The molecule has 8 nitrogen and oxygen atoms in total. The van der Waals surface area contributed by atoms with Crippen LogP contribution in [0.25, 0.3) is 0 Å². The predicted molar refractivity (Wildman–Crippen MR) is 103 cm³/mol. The second-order valence-corrected chi connectivity index (χ2v) is 8.44. The van der Waals surface area contributed by atoms with Gasteiger partial charge in [-0.15, -0.1) is 0 Å². The quantitative estimate of drug-likeness (QED) is 0.499. The molecule has 1 aromatic rings. The van der Waals surface area contributed by atoms with Crippen molar-refractivity contribution < 1.29 is 26.3 Å². The van der Waals surface area contributed by atoms with E-state index in [9.17, 15) is 21.6 Å². The molecule has 2 N–H and O–H groups in total. The lowest BCUT2D eigenvalue weighted by molar-refractivity contribution is -0.0494. The predicted octanol–water partition coefficient (Wildman–Crippen LogP) is 1.85. The van der Waals surface area contributed by atoms with Gasteiger partial charge in [-0.2, -0.15) is 17.5 Å². The number of nitrogens with zero attached hydrogens (tertiary/aromatic N) is 3. The van der Waals surface area contributed by atoms with E-state index in [0.717, 1.165) is 12.0 Å². The maximum Gasteiger partial charge on any atom is 0.511 e. The fourth-order valence-electron chi connectivity index (χ4n) is 2.84. The Balaban J connectivity index is 1.88. The van der Waals surface area contributed by atoms with Crippen LogP contribution in [0.3, 0.4) is 0 Å². The minimum absolute atomic E-state index is 0.189. The van der Waals surface area contributed by atoms with E-state index in [2.05, 4.69) is 20.6 Å². The number of nitrogens with one attached hydrogen (secondary N) is 2. The van der Waals surface area contributed by atoms with E-state index in [1.54, 1.807) is 19.3 Å². The minimum atomic E-state index is -5.28. The molecule has 0 aliphatic carbocycles. The molecule has 1 aromatic heterocycles. The van der Waals surface area contributed by atoms with E-state index < -0.39 is 15.5 Å². The normalized spacial score (nSPS) is 17.2. The molecule has 1 fully saturated rings. The van der Waals surface area contributed by atoms with Crippen LogP contribution in [-0.4, -0.2) is 62.0 Å². The topological polar surface area (TPSA) is 95.9 Å². The van der Waals surface area contributed by atoms with Crippen LogP contribution in [-0.2, 0) is 16.6 Å². The van der Waals surface area contributed by atoms with Crippen LogP contribution < -0.4 is 15.4 Å². The number of hydrogen-bond acceptors (Lipinski definition) is 5. The Morgan fingerprint density at radius 3 is 2.66 bits per heavy atom. The summed E-state index contributed by atoms with van der Waals surface area (Å²) < 4.78 is 67.0. The summed E-state index contributed by atoms with van der Waals surface area (Å²) in [5.41, 5.74) is -4.43. The summed E-state index contributed by atoms with van der Waals surface area (Å²) in [6, 6.07) is 3.48. The number of halogens is 3. The second-order valence-electron chi connectivity index (χ2n) is 6.51. The van der Waals surface area contributed by atoms with Crippen molar-refractivity contribution in [2.45, 2.75) is 44.3 Å². The molecule has 0 spiro atoms. The van der Waals surface area contributed by atoms with Gasteiger partial charge in [-0.3, -0.25) is 4.99 Å². The number of ether oxygens (including phenoxy) is 1. The Labute approximate surface area is 168 Å². The molecular weight excluding hydrogens is 411 g/mol. The first-order chi connectivity index (χ1) is 13.7. The SMILES string of the molecule is CCCOc1ncccc1CNC(=NC)NC1CCN(S(=O)(=O)C(F)(F)F)CC1. The van der Waals surface area contributed by atoms with E-state index in [0.29, 0.717) is 29.3 Å². The smallest absolute Gasteiger partial charge is 0.477 e. The first kappa shape index (κ1) is 23.2. The van der Waals surface area contributed by atoms with E-state index in [4.69, 9.17) is 4.74 Å². The average Bonchev–Trinajstić information content (AvgIpc) is 2.69. The van der Waals surface area contributed by atoms with Crippen LogP contribution in [0.15, 0.2) is 23.3 Å². The number of piperidine rings is 1. The largest absolute Gasteiger partial charge is 0.511 e. The van der Waals surface area contributed by atoms with Crippen molar-refractivity contribution in [2.24, 2.45) is 4.99 Å². The molecule has 2 rings (SSSR count). The summed E-state index contributed by atoms with van der Waals surface area (Å²) in [5.74, 6) is 0.996. The zero-order valence-electron chi connectivity index (χ0n) is 16.4. The summed E-state index contributed by atoms with van der Waals surface area (Å²) in [6.45, 7) is 2.55. The number of guanidine groups is 1. The van der Waals surface area contributed by atoms with Gasteiger partial charge in [0.05, 0.1) is 6.61 Å². The van der Waals surface area contributed by atoms with Gasteiger partial charge in [0, 0.05) is 44.5 Å². The summed E-state index contributed by atoms with van der Waals surface area (Å²) >= 11 is 0. The van der Waals surface area contributed by atoms with Crippen molar-refractivity contribution >= 4 is 16.0 Å². The van der Waals surface area contributed by atoms with E-state index in [1.165, 1.54) is 0 Å². The summed E-state index contributed by atoms with van der Waals surface area (Å²) in [4.78, 5) is 8.33. The molecule has 0 unspecified atom stereocenters. The van der Waals surface area contributed by atoms with Crippen molar-refractivity contribution in [3.8, 4) is 5.88 Å². The van der Waals surface area contributed by atoms with Gasteiger partial charge < -0.3 is 15.4 Å². The molecule has 0 aromatic carbocycles. The third-order valence-electron chi connectivity index (χ3n) is 4.39. The highest BCUT2D eigenvalue weighted by atomic mass is 32.2. The van der Waals surface area contributed by atoms with Crippen molar-refractivity contribution in [3.05, 3.63) is 23.9 Å². The summed E-state index contributed by atoms with van der Waals surface area (Å²) in [7, 11) is -3.70. The minimum Gasteiger partial charge on any atom is -0.477 e. The number of sulfonamides is 1. The fourth-order valence-corrected chi connectivity index (χ4v) is 3.83. The Bertz CT molecular complexity index is 794. The molecule has 1 saturated heterocycles. The highest BCUT2D eigenvalue weighted by Crippen LogP contribution is 2.28. The maximum absolute atomic E-state index is 12.7. The molecule has 0 atom stereocenters. The Hall–Kier alpha value is -2.08. The van der Waals surface area contributed by atoms with Crippen LogP contribution in [0.4, 0.5) is 13.2 Å². The van der Waals surface area contributed by atoms with Gasteiger partial charge in [-0.25, -0.2) is 13.4 Å². The number of aromatic nitrogens is 1. The van der Waals surface area contributed by atoms with Crippen LogP contribution in [0.1, 0.15) is 31.7 Å². The maximum atomic E-state index is 12.7.